The predicted molar refractivity (Wildman–Crippen MR) is 80.6 cm³/mol. The van der Waals surface area contributed by atoms with Crippen LogP contribution in [0.1, 0.15) is 58.3 Å². The number of nitrogens with zero attached hydrogens (tertiary/aromatic N) is 1. The Morgan fingerprint density at radius 2 is 1.95 bits per heavy atom. The van der Waals surface area contributed by atoms with Crippen molar-refractivity contribution in [2.75, 3.05) is 39.4 Å². The second-order valence-corrected chi connectivity index (χ2v) is 6.36. The van der Waals surface area contributed by atoms with Crippen LogP contribution in [0.15, 0.2) is 0 Å². The van der Waals surface area contributed by atoms with Crippen molar-refractivity contribution in [2.45, 2.75) is 63.8 Å². The van der Waals surface area contributed by atoms with Gasteiger partial charge in [-0.15, -0.1) is 0 Å². The standard InChI is InChI=1S/C16H32N2O/c1-2-3-13-19-14-12-18-11-7-10-17-16(15-18)8-5-4-6-9-16/h17H,2-15H2,1H3. The van der Waals surface area contributed by atoms with E-state index in [1.165, 1.54) is 71.0 Å². The van der Waals surface area contributed by atoms with Crippen molar-refractivity contribution in [1.29, 1.82) is 0 Å². The van der Waals surface area contributed by atoms with Gasteiger partial charge in [0.1, 0.15) is 0 Å². The molecule has 0 aromatic carbocycles. The summed E-state index contributed by atoms with van der Waals surface area (Å²) in [6.45, 7) is 8.87. The second kappa shape index (κ2) is 8.23. The first-order valence-electron chi connectivity index (χ1n) is 8.40. The van der Waals surface area contributed by atoms with Crippen LogP contribution in [0.5, 0.6) is 0 Å². The van der Waals surface area contributed by atoms with E-state index in [1.807, 2.05) is 0 Å². The molecule has 1 N–H and O–H groups in total. The normalized spacial score (nSPS) is 24.5. The Bertz CT molecular complexity index is 239. The number of rotatable bonds is 6. The van der Waals surface area contributed by atoms with E-state index in [0.717, 1.165) is 19.8 Å². The summed E-state index contributed by atoms with van der Waals surface area (Å²) in [5.74, 6) is 0. The molecule has 0 atom stereocenters. The fourth-order valence-corrected chi connectivity index (χ4v) is 3.52. The zero-order valence-corrected chi connectivity index (χ0v) is 12.8. The van der Waals surface area contributed by atoms with Crippen LogP contribution in [0.4, 0.5) is 0 Å². The molecule has 1 aliphatic heterocycles. The largest absolute Gasteiger partial charge is 0.380 e. The Morgan fingerprint density at radius 3 is 2.74 bits per heavy atom. The lowest BCUT2D eigenvalue weighted by molar-refractivity contribution is 0.0879. The quantitative estimate of drug-likeness (QED) is 0.750. The summed E-state index contributed by atoms with van der Waals surface area (Å²) in [4.78, 5) is 2.64. The highest BCUT2D eigenvalue weighted by Crippen LogP contribution is 2.30. The van der Waals surface area contributed by atoms with Crippen molar-refractivity contribution < 1.29 is 4.74 Å². The molecule has 0 aromatic rings. The van der Waals surface area contributed by atoms with Gasteiger partial charge >= 0.3 is 0 Å². The fraction of sp³-hybridized carbons (Fsp3) is 1.00. The fourth-order valence-electron chi connectivity index (χ4n) is 3.52. The smallest absolute Gasteiger partial charge is 0.0593 e. The number of nitrogens with one attached hydrogen (secondary N) is 1. The van der Waals surface area contributed by atoms with E-state index >= 15 is 0 Å². The number of hydrogen-bond acceptors (Lipinski definition) is 3. The van der Waals surface area contributed by atoms with Crippen molar-refractivity contribution in [2.24, 2.45) is 0 Å². The van der Waals surface area contributed by atoms with Crippen molar-refractivity contribution in [1.82, 2.24) is 10.2 Å². The Hall–Kier alpha value is -0.120. The van der Waals surface area contributed by atoms with Crippen molar-refractivity contribution in [3.63, 3.8) is 0 Å². The molecule has 0 radical (unpaired) electrons. The number of hydrogen-bond donors (Lipinski definition) is 1. The summed E-state index contributed by atoms with van der Waals surface area (Å²) in [6.07, 6.45) is 10.7. The van der Waals surface area contributed by atoms with Gasteiger partial charge in [-0.3, -0.25) is 4.90 Å². The highest BCUT2D eigenvalue weighted by atomic mass is 16.5. The monoisotopic (exact) mass is 268 g/mol. The minimum atomic E-state index is 0.429. The van der Waals surface area contributed by atoms with Crippen LogP contribution in [-0.2, 0) is 4.74 Å². The van der Waals surface area contributed by atoms with Gasteiger partial charge in [-0.1, -0.05) is 32.6 Å². The maximum Gasteiger partial charge on any atom is 0.0593 e. The average molecular weight is 268 g/mol. The third kappa shape index (κ3) is 5.05. The predicted octanol–water partition coefficient (Wildman–Crippen LogP) is 2.80. The molecule has 0 unspecified atom stereocenters. The van der Waals surface area contributed by atoms with Crippen LogP contribution in [0.2, 0.25) is 0 Å². The van der Waals surface area contributed by atoms with Crippen molar-refractivity contribution in [3.8, 4) is 0 Å². The first-order chi connectivity index (χ1) is 9.35. The van der Waals surface area contributed by atoms with E-state index in [2.05, 4.69) is 17.1 Å². The molecule has 2 aliphatic rings. The van der Waals surface area contributed by atoms with Crippen LogP contribution >= 0.6 is 0 Å². The molecular weight excluding hydrogens is 236 g/mol. The van der Waals surface area contributed by atoms with Gasteiger partial charge < -0.3 is 10.1 Å². The van der Waals surface area contributed by atoms with E-state index in [0.29, 0.717) is 5.54 Å². The second-order valence-electron chi connectivity index (χ2n) is 6.36. The minimum Gasteiger partial charge on any atom is -0.380 e. The molecule has 19 heavy (non-hydrogen) atoms. The molecule has 1 heterocycles. The van der Waals surface area contributed by atoms with Gasteiger partial charge in [0.05, 0.1) is 6.61 Å². The Kier molecular flexibility index (Phi) is 6.62. The third-order valence-corrected chi connectivity index (χ3v) is 4.68. The third-order valence-electron chi connectivity index (χ3n) is 4.68. The molecule has 112 valence electrons. The summed E-state index contributed by atoms with van der Waals surface area (Å²) in [5, 5.41) is 3.86. The van der Waals surface area contributed by atoms with Crippen molar-refractivity contribution >= 4 is 0 Å². The summed E-state index contributed by atoms with van der Waals surface area (Å²) in [6, 6.07) is 0. The topological polar surface area (TPSA) is 24.5 Å². The Labute approximate surface area is 119 Å². The summed E-state index contributed by atoms with van der Waals surface area (Å²) in [5.41, 5.74) is 0.429. The molecule has 1 aliphatic carbocycles. The van der Waals surface area contributed by atoms with Crippen LogP contribution in [0.25, 0.3) is 0 Å². The van der Waals surface area contributed by atoms with Crippen LogP contribution in [-0.4, -0.2) is 49.8 Å². The molecule has 1 saturated carbocycles. The summed E-state index contributed by atoms with van der Waals surface area (Å²) in [7, 11) is 0. The molecule has 1 spiro atoms. The molecule has 0 amide bonds. The number of ether oxygens (including phenoxy) is 1. The van der Waals surface area contributed by atoms with Gasteiger partial charge in [-0.05, 0) is 38.8 Å². The Balaban J connectivity index is 1.73. The zero-order valence-electron chi connectivity index (χ0n) is 12.8. The lowest BCUT2D eigenvalue weighted by Crippen LogP contribution is -2.53. The average Bonchev–Trinajstić information content (AvgIpc) is 2.62. The molecule has 0 bridgehead atoms. The summed E-state index contributed by atoms with van der Waals surface area (Å²) < 4.78 is 5.73. The molecule has 0 aromatic heterocycles. The van der Waals surface area contributed by atoms with Crippen molar-refractivity contribution in [3.05, 3.63) is 0 Å². The maximum atomic E-state index is 5.73. The lowest BCUT2D eigenvalue weighted by atomic mass is 9.81. The van der Waals surface area contributed by atoms with Gasteiger partial charge in [0.25, 0.3) is 0 Å². The molecule has 2 fully saturated rings. The molecule has 3 nitrogen and oxygen atoms in total. The van der Waals surface area contributed by atoms with Gasteiger partial charge in [0.2, 0.25) is 0 Å². The zero-order chi connectivity index (χ0) is 13.4. The molecular formula is C16H32N2O. The van der Waals surface area contributed by atoms with Crippen LogP contribution < -0.4 is 5.32 Å². The maximum absolute atomic E-state index is 5.73. The van der Waals surface area contributed by atoms with E-state index in [1.54, 1.807) is 0 Å². The van der Waals surface area contributed by atoms with E-state index in [9.17, 15) is 0 Å². The van der Waals surface area contributed by atoms with Gasteiger partial charge in [0, 0.05) is 25.2 Å². The highest BCUT2D eigenvalue weighted by molar-refractivity contribution is 4.95. The van der Waals surface area contributed by atoms with E-state index < -0.39 is 0 Å². The molecule has 1 saturated heterocycles. The molecule has 2 rings (SSSR count). The Morgan fingerprint density at radius 1 is 1.11 bits per heavy atom. The highest BCUT2D eigenvalue weighted by Gasteiger charge is 2.34. The van der Waals surface area contributed by atoms with Crippen LogP contribution in [0.3, 0.4) is 0 Å². The van der Waals surface area contributed by atoms with E-state index in [4.69, 9.17) is 4.74 Å². The first kappa shape index (κ1) is 15.3. The summed E-state index contributed by atoms with van der Waals surface area (Å²) >= 11 is 0. The minimum absolute atomic E-state index is 0.429. The van der Waals surface area contributed by atoms with E-state index in [-0.39, 0.29) is 0 Å². The number of unbranched alkanes of at least 4 members (excludes halogenated alkanes) is 1. The van der Waals surface area contributed by atoms with Gasteiger partial charge in [0.15, 0.2) is 0 Å². The SMILES string of the molecule is CCCCOCCN1CCCNC2(CCCCC2)C1. The first-order valence-corrected chi connectivity index (χ1v) is 8.40. The van der Waals surface area contributed by atoms with Crippen LogP contribution in [0, 0.1) is 0 Å². The van der Waals surface area contributed by atoms with Gasteiger partial charge in [-0.25, -0.2) is 0 Å². The van der Waals surface area contributed by atoms with Gasteiger partial charge in [-0.2, -0.15) is 0 Å². The molecule has 3 heteroatoms. The lowest BCUT2D eigenvalue weighted by Gasteiger charge is -2.40.